The van der Waals surface area contributed by atoms with E-state index >= 15 is 0 Å². The molecule has 0 aliphatic carbocycles. The molecule has 1 aromatic heterocycles. The van der Waals surface area contributed by atoms with E-state index in [1.807, 2.05) is 0 Å². The van der Waals surface area contributed by atoms with Gasteiger partial charge in [0.2, 0.25) is 0 Å². The predicted molar refractivity (Wildman–Crippen MR) is 55.1 cm³/mol. The van der Waals surface area contributed by atoms with Gasteiger partial charge in [0.15, 0.2) is 0 Å². The van der Waals surface area contributed by atoms with Gasteiger partial charge < -0.3 is 21.4 Å². The van der Waals surface area contributed by atoms with Crippen LogP contribution in [0.15, 0.2) is 18.3 Å². The Morgan fingerprint density at radius 3 is 2.93 bits per heavy atom. The second-order valence-corrected chi connectivity index (χ2v) is 2.88. The van der Waals surface area contributed by atoms with Gasteiger partial charge in [-0.3, -0.25) is 4.79 Å². The average molecular weight is 196 g/mol. The summed E-state index contributed by atoms with van der Waals surface area (Å²) in [6.07, 6.45) is 1.72. The summed E-state index contributed by atoms with van der Waals surface area (Å²) >= 11 is 0. The van der Waals surface area contributed by atoms with Crippen LogP contribution in [0, 0.1) is 0 Å². The van der Waals surface area contributed by atoms with Gasteiger partial charge in [0, 0.05) is 32.4 Å². The Morgan fingerprint density at radius 2 is 2.29 bits per heavy atom. The van der Waals surface area contributed by atoms with E-state index < -0.39 is 0 Å². The van der Waals surface area contributed by atoms with Crippen molar-refractivity contribution in [1.82, 2.24) is 15.6 Å². The molecule has 0 radical (unpaired) electrons. The van der Waals surface area contributed by atoms with Crippen LogP contribution in [-0.2, 0) is 0 Å². The van der Waals surface area contributed by atoms with Crippen LogP contribution in [0.1, 0.15) is 10.5 Å². The van der Waals surface area contributed by atoms with E-state index in [0.717, 1.165) is 13.1 Å². The largest absolute Gasteiger partial charge is 0.357 e. The number of aromatic nitrogens is 1. The molecule has 0 aromatic carbocycles. The fraction of sp³-hybridized carbons (Fsp3) is 0.444. The number of carbonyl (C=O) groups excluding carboxylic acids is 1. The summed E-state index contributed by atoms with van der Waals surface area (Å²) in [4.78, 5) is 14.2. The Balaban J connectivity index is 2.10. The molecular weight excluding hydrogens is 180 g/mol. The maximum atomic E-state index is 11.3. The van der Waals surface area contributed by atoms with E-state index in [0.29, 0.717) is 18.8 Å². The molecule has 5 nitrogen and oxygen atoms in total. The highest BCUT2D eigenvalue weighted by Gasteiger charge is 2.03. The fourth-order valence-corrected chi connectivity index (χ4v) is 1.06. The number of nitrogens with one attached hydrogen (secondary N) is 3. The number of hydrogen-bond acceptors (Lipinski definition) is 3. The highest BCUT2D eigenvalue weighted by molar-refractivity contribution is 5.92. The van der Waals surface area contributed by atoms with Crippen molar-refractivity contribution in [3.05, 3.63) is 24.0 Å². The van der Waals surface area contributed by atoms with Gasteiger partial charge in [-0.25, -0.2) is 0 Å². The number of nitrogens with two attached hydrogens (primary N) is 1. The lowest BCUT2D eigenvalue weighted by Crippen LogP contribution is -2.33. The quantitative estimate of drug-likeness (QED) is 0.454. The smallest absolute Gasteiger partial charge is 0.267 e. The number of hydrogen-bond donors (Lipinski definition) is 4. The molecule has 0 aliphatic rings. The third-order valence-electron chi connectivity index (χ3n) is 1.75. The van der Waals surface area contributed by atoms with Crippen molar-refractivity contribution in [1.29, 1.82) is 0 Å². The molecule has 1 rings (SSSR count). The molecule has 0 spiro atoms. The van der Waals surface area contributed by atoms with Crippen LogP contribution < -0.4 is 16.4 Å². The second kappa shape index (κ2) is 6.17. The van der Waals surface area contributed by atoms with Gasteiger partial charge in [0.25, 0.3) is 5.91 Å². The monoisotopic (exact) mass is 196 g/mol. The Morgan fingerprint density at radius 1 is 1.43 bits per heavy atom. The van der Waals surface area contributed by atoms with E-state index in [2.05, 4.69) is 15.6 Å². The van der Waals surface area contributed by atoms with E-state index in [9.17, 15) is 4.79 Å². The molecule has 1 aromatic rings. The highest BCUT2D eigenvalue weighted by Crippen LogP contribution is 1.92. The Kier molecular flexibility index (Phi) is 4.74. The molecule has 0 saturated heterocycles. The van der Waals surface area contributed by atoms with Crippen molar-refractivity contribution in [2.24, 2.45) is 5.73 Å². The van der Waals surface area contributed by atoms with Crippen molar-refractivity contribution in [2.75, 3.05) is 26.2 Å². The van der Waals surface area contributed by atoms with Crippen LogP contribution in [0.3, 0.4) is 0 Å². The highest BCUT2D eigenvalue weighted by atomic mass is 16.1. The number of aromatic amines is 1. The van der Waals surface area contributed by atoms with Crippen molar-refractivity contribution in [2.45, 2.75) is 0 Å². The van der Waals surface area contributed by atoms with Crippen molar-refractivity contribution in [3.63, 3.8) is 0 Å². The molecular formula is C9H16N4O. The van der Waals surface area contributed by atoms with E-state index in [1.54, 1.807) is 18.3 Å². The standard InChI is InChI=1S/C9H16N4O/c10-3-5-11-6-7-13-9(14)8-2-1-4-12-8/h1-2,4,11-12H,3,5-7,10H2,(H,13,14). The third kappa shape index (κ3) is 3.59. The van der Waals surface area contributed by atoms with E-state index in [4.69, 9.17) is 5.73 Å². The molecule has 0 atom stereocenters. The van der Waals surface area contributed by atoms with Crippen LogP contribution in [0.4, 0.5) is 0 Å². The van der Waals surface area contributed by atoms with Gasteiger partial charge in [-0.1, -0.05) is 0 Å². The van der Waals surface area contributed by atoms with Crippen LogP contribution in [0.5, 0.6) is 0 Å². The van der Waals surface area contributed by atoms with Gasteiger partial charge in [0.1, 0.15) is 5.69 Å². The molecule has 1 heterocycles. The Labute approximate surface area is 83.1 Å². The summed E-state index contributed by atoms with van der Waals surface area (Å²) in [6.45, 7) is 2.74. The Bertz CT molecular complexity index is 258. The average Bonchev–Trinajstić information content (AvgIpc) is 2.70. The molecule has 0 unspecified atom stereocenters. The minimum Gasteiger partial charge on any atom is -0.357 e. The first-order valence-electron chi connectivity index (χ1n) is 4.67. The van der Waals surface area contributed by atoms with Gasteiger partial charge in [0.05, 0.1) is 0 Å². The van der Waals surface area contributed by atoms with Gasteiger partial charge in [-0.2, -0.15) is 0 Å². The summed E-state index contributed by atoms with van der Waals surface area (Å²) < 4.78 is 0. The number of amides is 1. The topological polar surface area (TPSA) is 82.9 Å². The maximum absolute atomic E-state index is 11.3. The number of rotatable bonds is 6. The predicted octanol–water partition coefficient (Wildman–Crippen LogP) is -0.707. The molecule has 0 fully saturated rings. The molecule has 14 heavy (non-hydrogen) atoms. The van der Waals surface area contributed by atoms with Crippen molar-refractivity contribution in [3.8, 4) is 0 Å². The lowest BCUT2D eigenvalue weighted by Gasteiger charge is -2.04. The van der Waals surface area contributed by atoms with Gasteiger partial charge in [-0.15, -0.1) is 0 Å². The van der Waals surface area contributed by atoms with Crippen LogP contribution in [-0.4, -0.2) is 37.1 Å². The molecule has 1 amide bonds. The second-order valence-electron chi connectivity index (χ2n) is 2.88. The lowest BCUT2D eigenvalue weighted by molar-refractivity contribution is 0.0949. The summed E-state index contributed by atoms with van der Waals surface area (Å²) in [6, 6.07) is 3.53. The van der Waals surface area contributed by atoms with Crippen molar-refractivity contribution >= 4 is 5.91 Å². The zero-order valence-corrected chi connectivity index (χ0v) is 8.05. The fourth-order valence-electron chi connectivity index (χ4n) is 1.06. The van der Waals surface area contributed by atoms with Gasteiger partial charge >= 0.3 is 0 Å². The van der Waals surface area contributed by atoms with Crippen LogP contribution >= 0.6 is 0 Å². The molecule has 0 saturated carbocycles. The summed E-state index contributed by atoms with van der Waals surface area (Å²) in [5.74, 6) is -0.0791. The molecule has 78 valence electrons. The number of H-pyrrole nitrogens is 1. The van der Waals surface area contributed by atoms with Crippen LogP contribution in [0.2, 0.25) is 0 Å². The zero-order valence-electron chi connectivity index (χ0n) is 8.05. The lowest BCUT2D eigenvalue weighted by atomic mass is 10.4. The number of carbonyl (C=O) groups is 1. The first kappa shape index (κ1) is 10.7. The zero-order chi connectivity index (χ0) is 10.2. The maximum Gasteiger partial charge on any atom is 0.267 e. The minimum absolute atomic E-state index is 0.0791. The minimum atomic E-state index is -0.0791. The Hall–Kier alpha value is -1.33. The normalized spacial score (nSPS) is 10.1. The summed E-state index contributed by atoms with van der Waals surface area (Å²) in [7, 11) is 0. The SMILES string of the molecule is NCCNCCNC(=O)c1ccc[nH]1. The summed E-state index contributed by atoms with van der Waals surface area (Å²) in [5.41, 5.74) is 5.88. The first-order chi connectivity index (χ1) is 6.84. The third-order valence-corrected chi connectivity index (χ3v) is 1.75. The molecule has 5 heteroatoms. The molecule has 5 N–H and O–H groups in total. The van der Waals surface area contributed by atoms with Crippen LogP contribution in [0.25, 0.3) is 0 Å². The summed E-state index contributed by atoms with van der Waals surface area (Å²) in [5, 5.41) is 5.86. The van der Waals surface area contributed by atoms with Gasteiger partial charge in [-0.05, 0) is 12.1 Å². The first-order valence-corrected chi connectivity index (χ1v) is 4.67. The molecule has 0 bridgehead atoms. The molecule has 0 aliphatic heterocycles. The van der Waals surface area contributed by atoms with Crippen molar-refractivity contribution < 1.29 is 4.79 Å². The van der Waals surface area contributed by atoms with E-state index in [1.165, 1.54) is 0 Å². The van der Waals surface area contributed by atoms with E-state index in [-0.39, 0.29) is 5.91 Å².